The summed E-state index contributed by atoms with van der Waals surface area (Å²) in [6.07, 6.45) is 6.75. The summed E-state index contributed by atoms with van der Waals surface area (Å²) in [5.41, 5.74) is 6.31. The van der Waals surface area contributed by atoms with Crippen molar-refractivity contribution in [3.63, 3.8) is 0 Å². The van der Waals surface area contributed by atoms with Gasteiger partial charge in [-0.25, -0.2) is 0 Å². The van der Waals surface area contributed by atoms with E-state index in [4.69, 9.17) is 5.73 Å². The lowest BCUT2D eigenvalue weighted by Crippen LogP contribution is -2.68. The van der Waals surface area contributed by atoms with Crippen molar-refractivity contribution in [3.05, 3.63) is 0 Å². The van der Waals surface area contributed by atoms with E-state index in [2.05, 4.69) is 17.2 Å². The van der Waals surface area contributed by atoms with Crippen molar-refractivity contribution in [1.82, 2.24) is 5.32 Å². The van der Waals surface area contributed by atoms with Gasteiger partial charge in [-0.2, -0.15) is 0 Å². The zero-order chi connectivity index (χ0) is 14.6. The van der Waals surface area contributed by atoms with E-state index < -0.39 is 0 Å². The van der Waals surface area contributed by atoms with E-state index in [0.717, 1.165) is 32.1 Å². The molecule has 0 aromatic rings. The molecule has 0 saturated heterocycles. The van der Waals surface area contributed by atoms with Crippen molar-refractivity contribution in [2.75, 3.05) is 0 Å². The van der Waals surface area contributed by atoms with E-state index in [1.807, 2.05) is 20.8 Å². The second-order valence-electron chi connectivity index (χ2n) is 8.56. The zero-order valence-electron chi connectivity index (χ0n) is 12.9. The van der Waals surface area contributed by atoms with Gasteiger partial charge in [-0.15, -0.1) is 0 Å². The first-order chi connectivity index (χ1) is 9.17. The number of carbonyl (C=O) groups is 1. The fourth-order valence-electron chi connectivity index (χ4n) is 5.00. The molecule has 1 amide bonds. The van der Waals surface area contributed by atoms with Crippen LogP contribution in [0.1, 0.15) is 59.3 Å². The van der Waals surface area contributed by atoms with Gasteiger partial charge < -0.3 is 11.1 Å². The molecule has 0 radical (unpaired) electrons. The van der Waals surface area contributed by atoms with Crippen LogP contribution >= 0.6 is 0 Å². The van der Waals surface area contributed by atoms with Crippen molar-refractivity contribution >= 4 is 5.91 Å². The number of hydrogen-bond acceptors (Lipinski definition) is 2. The maximum absolute atomic E-state index is 12.2. The fourth-order valence-corrected chi connectivity index (χ4v) is 5.00. The summed E-state index contributed by atoms with van der Waals surface area (Å²) < 4.78 is 0. The highest BCUT2D eigenvalue weighted by molar-refractivity contribution is 5.94. The van der Waals surface area contributed by atoms with E-state index in [9.17, 15) is 4.79 Å². The molecule has 0 spiro atoms. The number of rotatable bonds is 1. The van der Waals surface area contributed by atoms with Gasteiger partial charge in [-0.05, 0) is 77.1 Å². The quantitative estimate of drug-likeness (QED) is 0.720. The summed E-state index contributed by atoms with van der Waals surface area (Å²) >= 11 is 0. The molecule has 4 aliphatic carbocycles. The van der Waals surface area contributed by atoms with E-state index in [0.29, 0.717) is 11.8 Å². The number of nitrogens with two attached hydrogens (primary N) is 1. The highest BCUT2D eigenvalue weighted by Crippen LogP contribution is 2.56. The Morgan fingerprint density at radius 1 is 1.20 bits per heavy atom. The van der Waals surface area contributed by atoms with Gasteiger partial charge in [0.15, 0.2) is 0 Å². The molecule has 0 aromatic heterocycles. The Hall–Kier alpha value is -1.01. The molecular weight excluding hydrogens is 248 g/mol. The Balaban J connectivity index is 1.74. The summed E-state index contributed by atoms with van der Waals surface area (Å²) in [5, 5.41) is 3.23. The summed E-state index contributed by atoms with van der Waals surface area (Å²) in [6.45, 7) is 6.06. The van der Waals surface area contributed by atoms with E-state index in [-0.39, 0.29) is 22.4 Å². The third-order valence-electron chi connectivity index (χ3n) is 5.04. The topological polar surface area (TPSA) is 55.1 Å². The summed E-state index contributed by atoms with van der Waals surface area (Å²) in [4.78, 5) is 12.2. The van der Waals surface area contributed by atoms with Crippen LogP contribution in [0.4, 0.5) is 0 Å². The van der Waals surface area contributed by atoms with Crippen molar-refractivity contribution in [2.45, 2.75) is 70.4 Å². The van der Waals surface area contributed by atoms with Gasteiger partial charge in [-0.3, -0.25) is 4.79 Å². The van der Waals surface area contributed by atoms with Gasteiger partial charge in [0.05, 0.1) is 0 Å². The molecule has 4 rings (SSSR count). The number of carbonyl (C=O) groups excluding carboxylic acids is 1. The SMILES string of the molecule is CC(C)(C)C#CC(=O)NC12CC3CC(CC(N)(C3)C1)C2. The van der Waals surface area contributed by atoms with Crippen molar-refractivity contribution in [1.29, 1.82) is 0 Å². The lowest BCUT2D eigenvalue weighted by molar-refractivity contribution is -0.121. The molecule has 4 aliphatic rings. The molecule has 4 saturated carbocycles. The molecule has 4 fully saturated rings. The molecule has 0 aromatic carbocycles. The highest BCUT2D eigenvalue weighted by Gasteiger charge is 2.56. The summed E-state index contributed by atoms with van der Waals surface area (Å²) in [6, 6.07) is 0. The molecular formula is C17H26N2O. The Bertz CT molecular complexity index is 477. The van der Waals surface area contributed by atoms with Crippen LogP contribution in [0.2, 0.25) is 0 Å². The molecule has 3 nitrogen and oxygen atoms in total. The molecule has 3 heteroatoms. The van der Waals surface area contributed by atoms with Gasteiger partial charge in [0.25, 0.3) is 5.91 Å². The second-order valence-corrected chi connectivity index (χ2v) is 8.56. The van der Waals surface area contributed by atoms with Gasteiger partial charge in [0.2, 0.25) is 0 Å². The van der Waals surface area contributed by atoms with E-state index >= 15 is 0 Å². The maximum Gasteiger partial charge on any atom is 0.296 e. The van der Waals surface area contributed by atoms with Crippen LogP contribution in [-0.2, 0) is 4.79 Å². The standard InChI is InChI=1S/C17H26N2O/c1-15(2,3)5-4-14(20)19-17-9-12-6-13(10-17)8-16(18,7-12)11-17/h12-13H,6-11,18H2,1-3H3,(H,19,20). The van der Waals surface area contributed by atoms with Gasteiger partial charge in [0.1, 0.15) is 0 Å². The smallest absolute Gasteiger partial charge is 0.296 e. The van der Waals surface area contributed by atoms with Gasteiger partial charge in [-0.1, -0.05) is 5.92 Å². The average molecular weight is 274 g/mol. The highest BCUT2D eigenvalue weighted by atomic mass is 16.1. The molecule has 0 aliphatic heterocycles. The summed E-state index contributed by atoms with van der Waals surface area (Å²) in [7, 11) is 0. The molecule has 0 heterocycles. The first-order valence-corrected chi connectivity index (χ1v) is 7.81. The van der Waals surface area contributed by atoms with Crippen molar-refractivity contribution < 1.29 is 4.79 Å². The number of nitrogens with one attached hydrogen (secondary N) is 1. The predicted molar refractivity (Wildman–Crippen MR) is 79.7 cm³/mol. The van der Waals surface area contributed by atoms with E-state index in [1.54, 1.807) is 0 Å². The molecule has 2 unspecified atom stereocenters. The van der Waals surface area contributed by atoms with Crippen LogP contribution in [0, 0.1) is 29.1 Å². The molecule has 3 N–H and O–H groups in total. The minimum absolute atomic E-state index is 0.0329. The van der Waals surface area contributed by atoms with Crippen LogP contribution in [0.25, 0.3) is 0 Å². The first-order valence-electron chi connectivity index (χ1n) is 7.81. The maximum atomic E-state index is 12.2. The van der Waals surface area contributed by atoms with Crippen LogP contribution < -0.4 is 11.1 Å². The van der Waals surface area contributed by atoms with Crippen molar-refractivity contribution in [3.8, 4) is 11.8 Å². The van der Waals surface area contributed by atoms with Crippen LogP contribution in [-0.4, -0.2) is 17.0 Å². The largest absolute Gasteiger partial charge is 0.340 e. The molecule has 110 valence electrons. The molecule has 20 heavy (non-hydrogen) atoms. The first kappa shape index (κ1) is 13.9. The van der Waals surface area contributed by atoms with E-state index in [1.165, 1.54) is 6.42 Å². The average Bonchev–Trinajstić information content (AvgIpc) is 2.21. The molecule has 4 bridgehead atoms. The molecule has 2 atom stereocenters. The minimum Gasteiger partial charge on any atom is -0.340 e. The summed E-state index contributed by atoms with van der Waals surface area (Å²) in [5.74, 6) is 7.08. The Morgan fingerprint density at radius 3 is 2.30 bits per heavy atom. The lowest BCUT2D eigenvalue weighted by atomic mass is 9.50. The third-order valence-corrected chi connectivity index (χ3v) is 5.04. The van der Waals surface area contributed by atoms with Crippen molar-refractivity contribution in [2.24, 2.45) is 23.0 Å². The Morgan fingerprint density at radius 2 is 1.80 bits per heavy atom. The second kappa shape index (κ2) is 4.24. The monoisotopic (exact) mass is 274 g/mol. The van der Waals surface area contributed by atoms with Crippen LogP contribution in [0.15, 0.2) is 0 Å². The Kier molecular flexibility index (Phi) is 2.96. The van der Waals surface area contributed by atoms with Crippen LogP contribution in [0.3, 0.4) is 0 Å². The lowest BCUT2D eigenvalue weighted by Gasteiger charge is -2.60. The Labute approximate surface area is 122 Å². The normalized spacial score (nSPS) is 42.0. The number of amides is 1. The predicted octanol–water partition coefficient (Wildman–Crippen LogP) is 2.20. The fraction of sp³-hybridized carbons (Fsp3) is 0.824. The van der Waals surface area contributed by atoms with Gasteiger partial charge >= 0.3 is 0 Å². The minimum atomic E-state index is -0.131. The zero-order valence-corrected chi connectivity index (χ0v) is 12.9. The number of hydrogen-bond donors (Lipinski definition) is 2. The van der Waals surface area contributed by atoms with Gasteiger partial charge in [0, 0.05) is 16.5 Å². The van der Waals surface area contributed by atoms with Crippen LogP contribution in [0.5, 0.6) is 0 Å². The third kappa shape index (κ3) is 2.72.